The zero-order chi connectivity index (χ0) is 8.53. The Morgan fingerprint density at radius 2 is 2.36 bits per heavy atom. The van der Waals surface area contributed by atoms with Gasteiger partial charge in [0.2, 0.25) is 0 Å². The number of hydrogen-bond acceptors (Lipinski definition) is 3. The Bertz CT molecular complexity index is 132. The second kappa shape index (κ2) is 7.66. The Hall–Kier alpha value is -0.440. The minimum atomic E-state index is -0.243. The molecule has 0 aromatic rings. The molecule has 0 aliphatic rings. The first kappa shape index (κ1) is 10.6. The SMILES string of the molecule is CCCC=CC(=O)OCSC. The van der Waals surface area contributed by atoms with Gasteiger partial charge in [0.05, 0.1) is 0 Å². The maximum atomic E-state index is 10.8. The summed E-state index contributed by atoms with van der Waals surface area (Å²) in [6.45, 7) is 2.07. The first-order chi connectivity index (χ1) is 5.31. The third-order valence-electron chi connectivity index (χ3n) is 1.03. The summed E-state index contributed by atoms with van der Waals surface area (Å²) in [7, 11) is 0. The van der Waals surface area contributed by atoms with Gasteiger partial charge in [0.15, 0.2) is 0 Å². The van der Waals surface area contributed by atoms with Gasteiger partial charge in [-0.1, -0.05) is 19.4 Å². The van der Waals surface area contributed by atoms with E-state index >= 15 is 0 Å². The van der Waals surface area contributed by atoms with Crippen LogP contribution in [0, 0.1) is 0 Å². The van der Waals surface area contributed by atoms with Crippen LogP contribution in [0.15, 0.2) is 12.2 Å². The molecule has 0 aromatic heterocycles. The summed E-state index contributed by atoms with van der Waals surface area (Å²) in [4.78, 5) is 10.8. The second-order valence-electron chi connectivity index (χ2n) is 2.06. The average Bonchev–Trinajstić information content (AvgIpc) is 2.01. The molecule has 0 aromatic carbocycles. The van der Waals surface area contributed by atoms with E-state index in [1.54, 1.807) is 0 Å². The van der Waals surface area contributed by atoms with Gasteiger partial charge in [-0.25, -0.2) is 4.79 Å². The number of hydrogen-bond donors (Lipinski definition) is 0. The van der Waals surface area contributed by atoms with E-state index in [0.29, 0.717) is 5.94 Å². The molecule has 0 atom stereocenters. The van der Waals surface area contributed by atoms with Crippen molar-refractivity contribution in [1.82, 2.24) is 0 Å². The number of unbranched alkanes of at least 4 members (excludes halogenated alkanes) is 1. The Labute approximate surface area is 72.0 Å². The Morgan fingerprint density at radius 3 is 2.91 bits per heavy atom. The predicted octanol–water partition coefficient (Wildman–Crippen LogP) is 2.21. The number of carbonyl (C=O) groups excluding carboxylic acids is 1. The van der Waals surface area contributed by atoms with Crippen LogP contribution in [0.25, 0.3) is 0 Å². The lowest BCUT2D eigenvalue weighted by molar-refractivity contribution is -0.135. The van der Waals surface area contributed by atoms with Crippen LogP contribution in [-0.2, 0) is 9.53 Å². The minimum Gasteiger partial charge on any atom is -0.451 e. The first-order valence-corrected chi connectivity index (χ1v) is 5.03. The number of esters is 1. The summed E-state index contributed by atoms with van der Waals surface area (Å²) >= 11 is 1.49. The largest absolute Gasteiger partial charge is 0.451 e. The highest BCUT2D eigenvalue weighted by Gasteiger charge is 1.92. The Kier molecular flexibility index (Phi) is 7.36. The maximum absolute atomic E-state index is 10.8. The van der Waals surface area contributed by atoms with E-state index in [9.17, 15) is 4.79 Å². The van der Waals surface area contributed by atoms with Crippen molar-refractivity contribution in [2.45, 2.75) is 19.8 Å². The van der Waals surface area contributed by atoms with E-state index in [1.165, 1.54) is 17.8 Å². The van der Waals surface area contributed by atoms with E-state index < -0.39 is 0 Å². The van der Waals surface area contributed by atoms with Gasteiger partial charge >= 0.3 is 5.97 Å². The van der Waals surface area contributed by atoms with E-state index in [2.05, 4.69) is 6.92 Å². The molecule has 0 unspecified atom stereocenters. The van der Waals surface area contributed by atoms with Crippen molar-refractivity contribution in [3.05, 3.63) is 12.2 Å². The summed E-state index contributed by atoms with van der Waals surface area (Å²) in [6.07, 6.45) is 7.21. The number of carbonyl (C=O) groups is 1. The minimum absolute atomic E-state index is 0.243. The molecule has 0 heterocycles. The summed E-state index contributed by atoms with van der Waals surface area (Å²) in [6, 6.07) is 0. The first-order valence-electron chi connectivity index (χ1n) is 3.63. The van der Waals surface area contributed by atoms with Crippen LogP contribution in [0.5, 0.6) is 0 Å². The fourth-order valence-electron chi connectivity index (χ4n) is 0.511. The molecule has 0 saturated carbocycles. The number of rotatable bonds is 5. The van der Waals surface area contributed by atoms with Crippen LogP contribution in [-0.4, -0.2) is 18.2 Å². The van der Waals surface area contributed by atoms with Crippen LogP contribution in [0.3, 0.4) is 0 Å². The number of allylic oxidation sites excluding steroid dienone is 1. The smallest absolute Gasteiger partial charge is 0.331 e. The van der Waals surface area contributed by atoms with Gasteiger partial charge in [-0.3, -0.25) is 0 Å². The summed E-state index contributed by atoms with van der Waals surface area (Å²) in [5.74, 6) is 0.197. The lowest BCUT2D eigenvalue weighted by atomic mass is 10.3. The van der Waals surface area contributed by atoms with Crippen molar-refractivity contribution in [3.8, 4) is 0 Å². The molecule has 0 aliphatic heterocycles. The number of thioether (sulfide) groups is 1. The summed E-state index contributed by atoms with van der Waals surface area (Å²) in [5, 5.41) is 0. The van der Waals surface area contributed by atoms with E-state index in [4.69, 9.17) is 4.74 Å². The molecule has 3 heteroatoms. The predicted molar refractivity (Wildman–Crippen MR) is 48.5 cm³/mol. The quantitative estimate of drug-likeness (QED) is 0.363. The maximum Gasteiger partial charge on any atom is 0.331 e. The summed E-state index contributed by atoms with van der Waals surface area (Å²) in [5.41, 5.74) is 0. The van der Waals surface area contributed by atoms with Crippen LogP contribution in [0.4, 0.5) is 0 Å². The van der Waals surface area contributed by atoms with Crippen molar-refractivity contribution < 1.29 is 9.53 Å². The lowest BCUT2D eigenvalue weighted by Crippen LogP contribution is -1.98. The third kappa shape index (κ3) is 7.46. The summed E-state index contributed by atoms with van der Waals surface area (Å²) < 4.78 is 4.77. The van der Waals surface area contributed by atoms with E-state index in [1.807, 2.05) is 12.3 Å². The molecule has 0 saturated heterocycles. The van der Waals surface area contributed by atoms with Gasteiger partial charge in [0, 0.05) is 6.08 Å². The van der Waals surface area contributed by atoms with Crippen molar-refractivity contribution in [1.29, 1.82) is 0 Å². The van der Waals surface area contributed by atoms with Crippen LogP contribution in [0.1, 0.15) is 19.8 Å². The normalized spacial score (nSPS) is 10.4. The zero-order valence-corrected chi connectivity index (χ0v) is 7.82. The number of ether oxygens (including phenoxy) is 1. The highest BCUT2D eigenvalue weighted by molar-refractivity contribution is 7.98. The molecule has 0 amide bonds. The van der Waals surface area contributed by atoms with Gasteiger partial charge in [0.25, 0.3) is 0 Å². The van der Waals surface area contributed by atoms with Gasteiger partial charge in [-0.2, -0.15) is 0 Å². The topological polar surface area (TPSA) is 26.3 Å². The van der Waals surface area contributed by atoms with Crippen molar-refractivity contribution >= 4 is 17.7 Å². The second-order valence-corrected chi connectivity index (χ2v) is 2.87. The molecular weight excluding hydrogens is 160 g/mol. The molecule has 2 nitrogen and oxygen atoms in total. The standard InChI is InChI=1S/C8H14O2S/c1-3-4-5-6-8(9)10-7-11-2/h5-6H,3-4,7H2,1-2H3. The van der Waals surface area contributed by atoms with Crippen molar-refractivity contribution in [2.24, 2.45) is 0 Å². The molecule has 64 valence electrons. The van der Waals surface area contributed by atoms with Crippen LogP contribution < -0.4 is 0 Å². The van der Waals surface area contributed by atoms with Crippen LogP contribution in [0.2, 0.25) is 0 Å². The zero-order valence-electron chi connectivity index (χ0n) is 7.00. The monoisotopic (exact) mass is 174 g/mol. The highest BCUT2D eigenvalue weighted by atomic mass is 32.2. The molecule has 0 N–H and O–H groups in total. The molecule has 0 aliphatic carbocycles. The molecule has 0 spiro atoms. The fraction of sp³-hybridized carbons (Fsp3) is 0.625. The molecule has 0 radical (unpaired) electrons. The molecule has 0 rings (SSSR count). The van der Waals surface area contributed by atoms with Gasteiger partial charge in [-0.15, -0.1) is 11.8 Å². The average molecular weight is 174 g/mol. The lowest BCUT2D eigenvalue weighted by Gasteiger charge is -1.96. The molecular formula is C8H14O2S. The van der Waals surface area contributed by atoms with Crippen molar-refractivity contribution in [2.75, 3.05) is 12.2 Å². The van der Waals surface area contributed by atoms with Gasteiger partial charge < -0.3 is 4.74 Å². The fourth-order valence-corrected chi connectivity index (χ4v) is 0.745. The van der Waals surface area contributed by atoms with E-state index in [-0.39, 0.29) is 5.97 Å². The van der Waals surface area contributed by atoms with Gasteiger partial charge in [-0.05, 0) is 12.7 Å². The van der Waals surface area contributed by atoms with Gasteiger partial charge in [0.1, 0.15) is 5.94 Å². The molecule has 0 bridgehead atoms. The molecule has 11 heavy (non-hydrogen) atoms. The third-order valence-corrected chi connectivity index (χ3v) is 1.38. The molecule has 0 fully saturated rings. The van der Waals surface area contributed by atoms with Crippen molar-refractivity contribution in [3.63, 3.8) is 0 Å². The Morgan fingerprint density at radius 1 is 1.64 bits per heavy atom. The Balaban J connectivity index is 3.35. The van der Waals surface area contributed by atoms with Crippen LogP contribution >= 0.6 is 11.8 Å². The van der Waals surface area contributed by atoms with E-state index in [0.717, 1.165) is 12.8 Å². The highest BCUT2D eigenvalue weighted by Crippen LogP contribution is 1.94.